The minimum atomic E-state index is -3.50. The van der Waals surface area contributed by atoms with Crippen molar-refractivity contribution in [2.24, 2.45) is 0 Å². The second kappa shape index (κ2) is 9.99. The third kappa shape index (κ3) is 6.85. The molecule has 0 fully saturated rings. The van der Waals surface area contributed by atoms with Gasteiger partial charge in [0.25, 0.3) is 0 Å². The highest BCUT2D eigenvalue weighted by molar-refractivity contribution is 7.89. The van der Waals surface area contributed by atoms with E-state index in [2.05, 4.69) is 15.4 Å². The standard InChI is InChI=1S/C21H25N3O4S/c1-4-22-29(27,28)20-11-8-17(9-12-20)10-13-21(26)23-15(2)18-6-5-7-19(14-18)24-16(3)25/h5-15,22H,4H2,1-3H3,(H,23,26)(H,24,25)/b13-10+. The van der Waals surface area contributed by atoms with Crippen molar-refractivity contribution in [2.45, 2.75) is 31.7 Å². The molecule has 1 atom stereocenters. The predicted octanol–water partition coefficient (Wildman–Crippen LogP) is 2.83. The van der Waals surface area contributed by atoms with Crippen LogP contribution in [0.5, 0.6) is 0 Å². The van der Waals surface area contributed by atoms with Gasteiger partial charge in [0, 0.05) is 25.2 Å². The van der Waals surface area contributed by atoms with Crippen LogP contribution in [0.1, 0.15) is 37.9 Å². The van der Waals surface area contributed by atoms with E-state index < -0.39 is 10.0 Å². The summed E-state index contributed by atoms with van der Waals surface area (Å²) in [5, 5.41) is 5.57. The first-order chi connectivity index (χ1) is 13.7. The Bertz CT molecular complexity index is 999. The van der Waals surface area contributed by atoms with E-state index in [-0.39, 0.29) is 22.8 Å². The lowest BCUT2D eigenvalue weighted by Crippen LogP contribution is -2.24. The molecule has 0 saturated heterocycles. The van der Waals surface area contributed by atoms with E-state index in [1.165, 1.54) is 25.1 Å². The van der Waals surface area contributed by atoms with Crippen LogP contribution in [0.25, 0.3) is 6.08 Å². The molecule has 0 bridgehead atoms. The predicted molar refractivity (Wildman–Crippen MR) is 114 cm³/mol. The molecule has 0 heterocycles. The van der Waals surface area contributed by atoms with Crippen molar-refractivity contribution in [1.82, 2.24) is 10.0 Å². The van der Waals surface area contributed by atoms with Crippen LogP contribution in [0.15, 0.2) is 59.5 Å². The lowest BCUT2D eigenvalue weighted by atomic mass is 10.1. The van der Waals surface area contributed by atoms with Gasteiger partial charge < -0.3 is 10.6 Å². The summed E-state index contributed by atoms with van der Waals surface area (Å²) in [6.07, 6.45) is 3.00. The lowest BCUT2D eigenvalue weighted by Gasteiger charge is -2.14. The Kier molecular flexibility index (Phi) is 7.69. The number of benzene rings is 2. The van der Waals surface area contributed by atoms with Gasteiger partial charge >= 0.3 is 0 Å². The van der Waals surface area contributed by atoms with E-state index in [1.54, 1.807) is 37.3 Å². The second-order valence-corrected chi connectivity index (χ2v) is 8.21. The zero-order valence-corrected chi connectivity index (χ0v) is 17.4. The Labute approximate surface area is 171 Å². The van der Waals surface area contributed by atoms with Crippen molar-refractivity contribution in [3.8, 4) is 0 Å². The first-order valence-corrected chi connectivity index (χ1v) is 10.7. The van der Waals surface area contributed by atoms with E-state index >= 15 is 0 Å². The van der Waals surface area contributed by atoms with Gasteiger partial charge in [0.1, 0.15) is 0 Å². The van der Waals surface area contributed by atoms with Crippen LogP contribution >= 0.6 is 0 Å². The summed E-state index contributed by atoms with van der Waals surface area (Å²) in [4.78, 5) is 23.5. The monoisotopic (exact) mass is 415 g/mol. The summed E-state index contributed by atoms with van der Waals surface area (Å²) in [5.41, 5.74) is 2.23. The molecule has 2 amide bonds. The average Bonchev–Trinajstić information content (AvgIpc) is 2.66. The number of hydrogen-bond donors (Lipinski definition) is 3. The van der Waals surface area contributed by atoms with Gasteiger partial charge in [-0.2, -0.15) is 0 Å². The molecule has 1 unspecified atom stereocenters. The van der Waals surface area contributed by atoms with Crippen molar-refractivity contribution >= 4 is 33.6 Å². The molecule has 0 aromatic heterocycles. The van der Waals surface area contributed by atoms with Gasteiger partial charge in [0.15, 0.2) is 0 Å². The summed E-state index contributed by atoms with van der Waals surface area (Å²) < 4.78 is 26.3. The number of carbonyl (C=O) groups is 2. The summed E-state index contributed by atoms with van der Waals surface area (Å²) >= 11 is 0. The molecule has 0 radical (unpaired) electrons. The van der Waals surface area contributed by atoms with Gasteiger partial charge in [-0.05, 0) is 48.4 Å². The quantitative estimate of drug-likeness (QED) is 0.577. The van der Waals surface area contributed by atoms with Gasteiger partial charge in [-0.1, -0.05) is 31.2 Å². The van der Waals surface area contributed by atoms with E-state index in [4.69, 9.17) is 0 Å². The van der Waals surface area contributed by atoms with E-state index in [0.29, 0.717) is 17.8 Å². The third-order valence-electron chi connectivity index (χ3n) is 4.02. The highest BCUT2D eigenvalue weighted by Crippen LogP contribution is 2.17. The van der Waals surface area contributed by atoms with Crippen LogP contribution in [-0.4, -0.2) is 26.8 Å². The first-order valence-electron chi connectivity index (χ1n) is 9.17. The molecule has 0 aliphatic heterocycles. The molecule has 2 aromatic rings. The summed E-state index contributed by atoms with van der Waals surface area (Å²) in [5.74, 6) is -0.446. The fraction of sp³-hybridized carbons (Fsp3) is 0.238. The van der Waals surface area contributed by atoms with Crippen LogP contribution in [-0.2, 0) is 19.6 Å². The van der Waals surface area contributed by atoms with Crippen molar-refractivity contribution in [2.75, 3.05) is 11.9 Å². The number of hydrogen-bond acceptors (Lipinski definition) is 4. The maximum Gasteiger partial charge on any atom is 0.244 e. The van der Waals surface area contributed by atoms with Crippen LogP contribution < -0.4 is 15.4 Å². The summed E-state index contributed by atoms with van der Waals surface area (Å²) in [6, 6.07) is 13.2. The molecule has 0 spiro atoms. The number of sulfonamides is 1. The summed E-state index contributed by atoms with van der Waals surface area (Å²) in [7, 11) is -3.50. The molecule has 8 heteroatoms. The zero-order chi connectivity index (χ0) is 21.4. The molecular formula is C21H25N3O4S. The molecule has 7 nitrogen and oxygen atoms in total. The lowest BCUT2D eigenvalue weighted by molar-refractivity contribution is -0.117. The van der Waals surface area contributed by atoms with Gasteiger partial charge in [0.05, 0.1) is 10.9 Å². The van der Waals surface area contributed by atoms with Crippen LogP contribution in [0.2, 0.25) is 0 Å². The van der Waals surface area contributed by atoms with Crippen molar-refractivity contribution < 1.29 is 18.0 Å². The molecule has 2 aromatic carbocycles. The zero-order valence-electron chi connectivity index (χ0n) is 16.6. The van der Waals surface area contributed by atoms with Gasteiger partial charge in [-0.3, -0.25) is 9.59 Å². The Morgan fingerprint density at radius 2 is 1.79 bits per heavy atom. The van der Waals surface area contributed by atoms with E-state index in [1.807, 2.05) is 19.1 Å². The molecule has 29 heavy (non-hydrogen) atoms. The highest BCUT2D eigenvalue weighted by atomic mass is 32.2. The smallest absolute Gasteiger partial charge is 0.244 e. The van der Waals surface area contributed by atoms with Gasteiger partial charge in [-0.25, -0.2) is 13.1 Å². The van der Waals surface area contributed by atoms with Crippen LogP contribution in [0.3, 0.4) is 0 Å². The van der Waals surface area contributed by atoms with Crippen LogP contribution in [0.4, 0.5) is 5.69 Å². The second-order valence-electron chi connectivity index (χ2n) is 6.44. The molecule has 2 rings (SSSR count). The maximum atomic E-state index is 12.2. The normalized spacial score (nSPS) is 12.5. The van der Waals surface area contributed by atoms with E-state index in [0.717, 1.165) is 5.56 Å². The minimum Gasteiger partial charge on any atom is -0.346 e. The van der Waals surface area contributed by atoms with Crippen molar-refractivity contribution in [3.63, 3.8) is 0 Å². The number of rotatable bonds is 8. The molecule has 0 aliphatic rings. The summed E-state index contributed by atoms with van der Waals surface area (Å²) in [6.45, 7) is 5.31. The number of amides is 2. The highest BCUT2D eigenvalue weighted by Gasteiger charge is 2.12. The molecule has 3 N–H and O–H groups in total. The molecule has 0 aliphatic carbocycles. The topological polar surface area (TPSA) is 104 Å². The average molecular weight is 416 g/mol. The molecular weight excluding hydrogens is 390 g/mol. The van der Waals surface area contributed by atoms with Crippen LogP contribution in [0, 0.1) is 0 Å². The largest absolute Gasteiger partial charge is 0.346 e. The maximum absolute atomic E-state index is 12.2. The van der Waals surface area contributed by atoms with Gasteiger partial charge in [-0.15, -0.1) is 0 Å². The Morgan fingerprint density at radius 1 is 1.10 bits per heavy atom. The van der Waals surface area contributed by atoms with Gasteiger partial charge in [0.2, 0.25) is 21.8 Å². The Balaban J connectivity index is 2.00. The first kappa shape index (κ1) is 22.3. The molecule has 0 saturated carbocycles. The third-order valence-corrected chi connectivity index (χ3v) is 5.58. The number of nitrogens with one attached hydrogen (secondary N) is 3. The number of carbonyl (C=O) groups excluding carboxylic acids is 2. The number of anilines is 1. The van der Waals surface area contributed by atoms with E-state index in [9.17, 15) is 18.0 Å². The van der Waals surface area contributed by atoms with Crippen molar-refractivity contribution in [1.29, 1.82) is 0 Å². The minimum absolute atomic E-state index is 0.161. The fourth-order valence-electron chi connectivity index (χ4n) is 2.64. The van der Waals surface area contributed by atoms with Crippen molar-refractivity contribution in [3.05, 3.63) is 65.7 Å². The molecule has 154 valence electrons. The Hall–Kier alpha value is -2.97. The Morgan fingerprint density at radius 3 is 2.41 bits per heavy atom. The fourth-order valence-corrected chi connectivity index (χ4v) is 3.68. The SMILES string of the molecule is CCNS(=O)(=O)c1ccc(/C=C/C(=O)NC(C)c2cccc(NC(C)=O)c2)cc1.